The number of hydrogen-bond donors (Lipinski definition) is 0. The van der Waals surface area contributed by atoms with Gasteiger partial charge in [0.2, 0.25) is 0 Å². The molecule has 108 valence electrons. The fraction of sp³-hybridized carbons (Fsp3) is 0.538. The molecule has 0 saturated heterocycles. The lowest BCUT2D eigenvalue weighted by atomic mass is 9.95. The fourth-order valence-electron chi connectivity index (χ4n) is 2.12. The van der Waals surface area contributed by atoms with Crippen LogP contribution in [-0.4, -0.2) is 40.7 Å². The minimum absolute atomic E-state index is 0.0831. The van der Waals surface area contributed by atoms with Crippen molar-refractivity contribution in [1.82, 2.24) is 9.78 Å². The van der Waals surface area contributed by atoms with Gasteiger partial charge in [-0.15, -0.1) is 0 Å². The second kappa shape index (κ2) is 5.85. The highest BCUT2D eigenvalue weighted by molar-refractivity contribution is 6.09. The highest BCUT2D eigenvalue weighted by atomic mass is 16.5. The molecule has 0 amide bonds. The third-order valence-electron chi connectivity index (χ3n) is 3.03. The standard InChI is InChI=1S/C13H16N2O5/c1-3-19-12(17)8-5-6-15-10(11(8)16)7-9(14-15)13(18)20-4-2/h7-8H,3-6H2,1-2H3/t8-/m1/s1. The average molecular weight is 280 g/mol. The number of ketones is 1. The van der Waals surface area contributed by atoms with Gasteiger partial charge in [0.1, 0.15) is 11.6 Å². The van der Waals surface area contributed by atoms with Gasteiger partial charge in [-0.1, -0.05) is 0 Å². The summed E-state index contributed by atoms with van der Waals surface area (Å²) >= 11 is 0. The molecule has 2 rings (SSSR count). The van der Waals surface area contributed by atoms with Crippen LogP contribution in [0.2, 0.25) is 0 Å². The van der Waals surface area contributed by atoms with E-state index < -0.39 is 17.9 Å². The van der Waals surface area contributed by atoms with Crippen molar-refractivity contribution in [2.24, 2.45) is 5.92 Å². The summed E-state index contributed by atoms with van der Waals surface area (Å²) in [6.45, 7) is 4.24. The number of aromatic nitrogens is 2. The van der Waals surface area contributed by atoms with Gasteiger partial charge < -0.3 is 9.47 Å². The molecule has 2 heterocycles. The molecule has 0 bridgehead atoms. The molecule has 7 nitrogen and oxygen atoms in total. The molecule has 20 heavy (non-hydrogen) atoms. The normalized spacial score (nSPS) is 17.5. The highest BCUT2D eigenvalue weighted by Crippen LogP contribution is 2.22. The molecule has 0 spiro atoms. The van der Waals surface area contributed by atoms with Gasteiger partial charge in [0.05, 0.1) is 13.2 Å². The van der Waals surface area contributed by atoms with E-state index in [0.29, 0.717) is 13.0 Å². The lowest BCUT2D eigenvalue weighted by Gasteiger charge is -2.20. The van der Waals surface area contributed by atoms with Crippen molar-refractivity contribution in [3.63, 3.8) is 0 Å². The van der Waals surface area contributed by atoms with Crippen molar-refractivity contribution in [2.45, 2.75) is 26.8 Å². The first-order chi connectivity index (χ1) is 9.58. The number of Topliss-reactive ketones (excluding diaryl/α,β-unsaturated/α-hetero) is 1. The highest BCUT2D eigenvalue weighted by Gasteiger charge is 2.36. The van der Waals surface area contributed by atoms with Crippen molar-refractivity contribution in [3.8, 4) is 0 Å². The first-order valence-corrected chi connectivity index (χ1v) is 6.54. The van der Waals surface area contributed by atoms with Crippen LogP contribution in [0, 0.1) is 5.92 Å². The van der Waals surface area contributed by atoms with E-state index in [1.165, 1.54) is 10.7 Å². The summed E-state index contributed by atoms with van der Waals surface area (Å²) in [7, 11) is 0. The zero-order valence-corrected chi connectivity index (χ0v) is 11.4. The van der Waals surface area contributed by atoms with Crippen molar-refractivity contribution < 1.29 is 23.9 Å². The Hall–Kier alpha value is -2.18. The van der Waals surface area contributed by atoms with Crippen LogP contribution in [0.4, 0.5) is 0 Å². The zero-order valence-electron chi connectivity index (χ0n) is 11.4. The van der Waals surface area contributed by atoms with Gasteiger partial charge in [0.15, 0.2) is 11.5 Å². The minimum atomic E-state index is -0.811. The van der Waals surface area contributed by atoms with Crippen LogP contribution in [0.15, 0.2) is 6.07 Å². The molecule has 1 aliphatic rings. The van der Waals surface area contributed by atoms with Crippen molar-refractivity contribution >= 4 is 17.7 Å². The Morgan fingerprint density at radius 2 is 2.05 bits per heavy atom. The third kappa shape index (κ3) is 2.56. The Bertz CT molecular complexity index is 549. The predicted octanol–water partition coefficient (Wildman–Crippen LogP) is 0.826. The predicted molar refractivity (Wildman–Crippen MR) is 67.3 cm³/mol. The third-order valence-corrected chi connectivity index (χ3v) is 3.03. The molecule has 0 saturated carbocycles. The molecule has 1 atom stereocenters. The fourth-order valence-corrected chi connectivity index (χ4v) is 2.12. The van der Waals surface area contributed by atoms with Crippen molar-refractivity contribution in [3.05, 3.63) is 17.5 Å². The Labute approximate surface area is 115 Å². The molecule has 1 aliphatic heterocycles. The Morgan fingerprint density at radius 3 is 2.70 bits per heavy atom. The van der Waals surface area contributed by atoms with Gasteiger partial charge in [0, 0.05) is 12.6 Å². The van der Waals surface area contributed by atoms with E-state index in [0.717, 1.165) is 0 Å². The molecular weight excluding hydrogens is 264 g/mol. The number of esters is 2. The monoisotopic (exact) mass is 280 g/mol. The molecule has 7 heteroatoms. The number of ether oxygens (including phenoxy) is 2. The lowest BCUT2D eigenvalue weighted by molar-refractivity contribution is -0.146. The number of hydrogen-bond acceptors (Lipinski definition) is 6. The molecule has 0 unspecified atom stereocenters. The summed E-state index contributed by atoms with van der Waals surface area (Å²) in [6.07, 6.45) is 0.328. The maximum Gasteiger partial charge on any atom is 0.358 e. The molecule has 0 aliphatic carbocycles. The summed E-state index contributed by atoms with van der Waals surface area (Å²) in [5, 5.41) is 4.03. The van der Waals surface area contributed by atoms with E-state index in [2.05, 4.69) is 5.10 Å². The molecular formula is C13H16N2O5. The van der Waals surface area contributed by atoms with Crippen molar-refractivity contribution in [1.29, 1.82) is 0 Å². The van der Waals surface area contributed by atoms with Crippen LogP contribution in [0.3, 0.4) is 0 Å². The van der Waals surface area contributed by atoms with Gasteiger partial charge in [-0.2, -0.15) is 5.10 Å². The van der Waals surface area contributed by atoms with E-state index >= 15 is 0 Å². The molecule has 0 radical (unpaired) electrons. The summed E-state index contributed by atoms with van der Waals surface area (Å²) < 4.78 is 11.1. The van der Waals surface area contributed by atoms with E-state index in [9.17, 15) is 14.4 Å². The molecule has 0 fully saturated rings. The van der Waals surface area contributed by atoms with Crippen LogP contribution in [0.25, 0.3) is 0 Å². The lowest BCUT2D eigenvalue weighted by Crippen LogP contribution is -2.33. The van der Waals surface area contributed by atoms with Crippen LogP contribution in [0.1, 0.15) is 41.2 Å². The maximum absolute atomic E-state index is 12.2. The van der Waals surface area contributed by atoms with Crippen LogP contribution < -0.4 is 0 Å². The van der Waals surface area contributed by atoms with Gasteiger partial charge in [-0.3, -0.25) is 14.3 Å². The maximum atomic E-state index is 12.2. The van der Waals surface area contributed by atoms with Crippen molar-refractivity contribution in [2.75, 3.05) is 13.2 Å². The van der Waals surface area contributed by atoms with E-state index in [1.807, 2.05) is 0 Å². The molecule has 1 aromatic heterocycles. The smallest absolute Gasteiger partial charge is 0.358 e. The number of carbonyl (C=O) groups is 3. The second-order valence-corrected chi connectivity index (χ2v) is 4.32. The van der Waals surface area contributed by atoms with Crippen LogP contribution >= 0.6 is 0 Å². The minimum Gasteiger partial charge on any atom is -0.465 e. The SMILES string of the molecule is CCOC(=O)c1cc2n(n1)CC[C@@H](C(=O)OCC)C2=O. The van der Waals surface area contributed by atoms with E-state index in [-0.39, 0.29) is 30.4 Å². The largest absolute Gasteiger partial charge is 0.465 e. The summed E-state index contributed by atoms with van der Waals surface area (Å²) in [6, 6.07) is 1.37. The van der Waals surface area contributed by atoms with Gasteiger partial charge in [0.25, 0.3) is 0 Å². The first-order valence-electron chi connectivity index (χ1n) is 6.54. The molecule has 0 aromatic carbocycles. The van der Waals surface area contributed by atoms with Crippen LogP contribution in [-0.2, 0) is 20.8 Å². The quantitative estimate of drug-likeness (QED) is 0.599. The summed E-state index contributed by atoms with van der Waals surface area (Å²) in [4.78, 5) is 35.5. The summed E-state index contributed by atoms with van der Waals surface area (Å²) in [5.41, 5.74) is 0.331. The van der Waals surface area contributed by atoms with E-state index in [1.54, 1.807) is 13.8 Å². The topological polar surface area (TPSA) is 87.5 Å². The Balaban J connectivity index is 2.22. The molecule has 1 aromatic rings. The Kier molecular flexibility index (Phi) is 4.16. The van der Waals surface area contributed by atoms with Gasteiger partial charge in [-0.05, 0) is 20.3 Å². The van der Waals surface area contributed by atoms with Gasteiger partial charge in [-0.25, -0.2) is 4.79 Å². The Morgan fingerprint density at radius 1 is 1.35 bits per heavy atom. The average Bonchev–Trinajstić information content (AvgIpc) is 2.84. The zero-order chi connectivity index (χ0) is 14.7. The number of nitrogens with zero attached hydrogens (tertiary/aromatic N) is 2. The van der Waals surface area contributed by atoms with Gasteiger partial charge >= 0.3 is 11.9 Å². The first kappa shape index (κ1) is 14.2. The van der Waals surface area contributed by atoms with Crippen LogP contribution in [0.5, 0.6) is 0 Å². The summed E-state index contributed by atoms with van der Waals surface area (Å²) in [5.74, 6) is -2.27. The number of fused-ring (bicyclic) bond motifs is 1. The number of aryl methyl sites for hydroxylation is 1. The molecule has 0 N–H and O–H groups in total. The number of carbonyl (C=O) groups excluding carboxylic acids is 3. The second-order valence-electron chi connectivity index (χ2n) is 4.32. The van der Waals surface area contributed by atoms with E-state index in [4.69, 9.17) is 9.47 Å². The number of rotatable bonds is 4.